The molecular formula is C23H21NO4S. The van der Waals surface area contributed by atoms with E-state index in [9.17, 15) is 9.59 Å². The van der Waals surface area contributed by atoms with Gasteiger partial charge in [0.25, 0.3) is 5.91 Å². The minimum Gasteiger partial charge on any atom is -0.459 e. The lowest BCUT2D eigenvalue weighted by molar-refractivity contribution is -0.151. The molecule has 2 bridgehead atoms. The average Bonchev–Trinajstić information content (AvgIpc) is 3.40. The number of hydrogen-bond acceptors (Lipinski definition) is 5. The molecule has 2 aliphatic heterocycles. The standard InChI is InChI=1S/C23H21NO4S/c1-13(25)27-22-17(20-15-8-4-5-9-16(15)21(22)28-20)12-24(2)23(26)19-11-14-7-3-6-10-18(14)29-19/h3-11,17,20-22H,12H2,1-2H3/t17-,20-,21+,22-/m0/s1. The maximum Gasteiger partial charge on any atom is 0.303 e. The summed E-state index contributed by atoms with van der Waals surface area (Å²) in [6.07, 6.45) is -0.818. The summed E-state index contributed by atoms with van der Waals surface area (Å²) < 4.78 is 12.9. The van der Waals surface area contributed by atoms with Gasteiger partial charge >= 0.3 is 5.97 Å². The van der Waals surface area contributed by atoms with Gasteiger partial charge < -0.3 is 14.4 Å². The second kappa shape index (κ2) is 6.97. The molecule has 0 spiro atoms. The smallest absolute Gasteiger partial charge is 0.303 e. The van der Waals surface area contributed by atoms with Crippen LogP contribution in [0.15, 0.2) is 54.6 Å². The molecule has 4 atom stereocenters. The number of carbonyl (C=O) groups excluding carboxylic acids is 2. The van der Waals surface area contributed by atoms with E-state index < -0.39 is 0 Å². The lowest BCUT2D eigenvalue weighted by Crippen LogP contribution is -2.40. The van der Waals surface area contributed by atoms with Gasteiger partial charge in [-0.25, -0.2) is 0 Å². The molecule has 0 aliphatic carbocycles. The normalized spacial score (nSPS) is 24.5. The zero-order valence-electron chi connectivity index (χ0n) is 16.2. The van der Waals surface area contributed by atoms with Gasteiger partial charge in [-0.05, 0) is 28.6 Å². The summed E-state index contributed by atoms with van der Waals surface area (Å²) in [6.45, 7) is 1.88. The summed E-state index contributed by atoms with van der Waals surface area (Å²) in [5, 5.41) is 1.07. The van der Waals surface area contributed by atoms with Crippen molar-refractivity contribution in [1.29, 1.82) is 0 Å². The summed E-state index contributed by atoms with van der Waals surface area (Å²) in [5.41, 5.74) is 2.21. The Balaban J connectivity index is 1.40. The Morgan fingerprint density at radius 1 is 1.07 bits per heavy atom. The topological polar surface area (TPSA) is 55.8 Å². The van der Waals surface area contributed by atoms with Crippen LogP contribution < -0.4 is 0 Å². The fraction of sp³-hybridized carbons (Fsp3) is 0.304. The molecule has 2 aromatic carbocycles. The summed E-state index contributed by atoms with van der Waals surface area (Å²) >= 11 is 1.50. The molecule has 2 aliphatic rings. The van der Waals surface area contributed by atoms with E-state index in [-0.39, 0.29) is 36.1 Å². The highest BCUT2D eigenvalue weighted by atomic mass is 32.1. The van der Waals surface area contributed by atoms with Crippen molar-refractivity contribution in [3.8, 4) is 0 Å². The van der Waals surface area contributed by atoms with Crippen LogP contribution in [0, 0.1) is 5.92 Å². The molecule has 0 N–H and O–H groups in total. The predicted molar refractivity (Wildman–Crippen MR) is 111 cm³/mol. The quantitative estimate of drug-likeness (QED) is 0.604. The monoisotopic (exact) mass is 407 g/mol. The van der Waals surface area contributed by atoms with E-state index >= 15 is 0 Å². The van der Waals surface area contributed by atoms with E-state index in [0.29, 0.717) is 11.4 Å². The Hall–Kier alpha value is -2.70. The van der Waals surface area contributed by atoms with Gasteiger partial charge in [-0.1, -0.05) is 42.5 Å². The Labute approximate surface area is 172 Å². The number of benzene rings is 2. The first-order valence-corrected chi connectivity index (χ1v) is 10.5. The molecule has 1 amide bonds. The number of ether oxygens (including phenoxy) is 2. The molecule has 1 fully saturated rings. The first kappa shape index (κ1) is 18.3. The van der Waals surface area contributed by atoms with Crippen molar-refractivity contribution in [3.05, 3.63) is 70.6 Å². The molecule has 29 heavy (non-hydrogen) atoms. The second-order valence-electron chi connectivity index (χ2n) is 7.68. The largest absolute Gasteiger partial charge is 0.459 e. The summed E-state index contributed by atoms with van der Waals surface area (Å²) in [6, 6.07) is 18.0. The number of carbonyl (C=O) groups is 2. The van der Waals surface area contributed by atoms with E-state index in [1.807, 2.05) is 48.5 Å². The summed E-state index contributed by atoms with van der Waals surface area (Å²) in [4.78, 5) is 27.2. The molecule has 5 nitrogen and oxygen atoms in total. The molecule has 1 aromatic heterocycles. The lowest BCUT2D eigenvalue weighted by atomic mass is 9.81. The SMILES string of the molecule is CC(=O)O[C@H]1[C@@H](CN(C)C(=O)c2cc3ccccc3s2)[C@H]2O[C@@H]1c1ccccc12. The number of fused-ring (bicyclic) bond motifs is 6. The molecule has 3 aromatic rings. The molecule has 0 radical (unpaired) electrons. The first-order chi connectivity index (χ1) is 14.0. The fourth-order valence-electron chi connectivity index (χ4n) is 4.53. The van der Waals surface area contributed by atoms with E-state index in [0.717, 1.165) is 21.2 Å². The number of esters is 1. The van der Waals surface area contributed by atoms with Gasteiger partial charge in [-0.3, -0.25) is 9.59 Å². The van der Waals surface area contributed by atoms with Gasteiger partial charge in [0.05, 0.1) is 11.0 Å². The third-order valence-electron chi connectivity index (χ3n) is 5.78. The van der Waals surface area contributed by atoms with Crippen molar-refractivity contribution in [2.45, 2.75) is 25.2 Å². The van der Waals surface area contributed by atoms with Crippen molar-refractivity contribution in [3.63, 3.8) is 0 Å². The highest BCUT2D eigenvalue weighted by Gasteiger charge is 2.54. The molecule has 1 saturated heterocycles. The van der Waals surface area contributed by atoms with Crippen LogP contribution in [0.3, 0.4) is 0 Å². The van der Waals surface area contributed by atoms with Crippen LogP contribution in [0.4, 0.5) is 0 Å². The highest BCUT2D eigenvalue weighted by molar-refractivity contribution is 7.20. The van der Waals surface area contributed by atoms with Crippen molar-refractivity contribution in [2.75, 3.05) is 13.6 Å². The maximum absolute atomic E-state index is 13.1. The maximum atomic E-state index is 13.1. The first-order valence-electron chi connectivity index (χ1n) is 9.68. The van der Waals surface area contributed by atoms with Gasteiger partial charge in [-0.15, -0.1) is 11.3 Å². The van der Waals surface area contributed by atoms with E-state index in [1.54, 1.807) is 11.9 Å². The molecule has 0 saturated carbocycles. The summed E-state index contributed by atoms with van der Waals surface area (Å²) in [5.74, 6) is -0.446. The second-order valence-corrected chi connectivity index (χ2v) is 8.76. The Morgan fingerprint density at radius 2 is 1.76 bits per heavy atom. The minimum absolute atomic E-state index is 0.0242. The number of hydrogen-bond donors (Lipinski definition) is 0. The van der Waals surface area contributed by atoms with Crippen LogP contribution in [0.25, 0.3) is 10.1 Å². The summed E-state index contributed by atoms with van der Waals surface area (Å²) in [7, 11) is 1.80. The van der Waals surface area contributed by atoms with Crippen molar-refractivity contribution in [2.24, 2.45) is 5.92 Å². The molecule has 6 heteroatoms. The van der Waals surface area contributed by atoms with Crippen LogP contribution in [0.2, 0.25) is 0 Å². The van der Waals surface area contributed by atoms with E-state index in [4.69, 9.17) is 9.47 Å². The Morgan fingerprint density at radius 3 is 2.48 bits per heavy atom. The Bertz CT molecular complexity index is 1070. The predicted octanol–water partition coefficient (Wildman–Crippen LogP) is 4.35. The molecule has 3 heterocycles. The van der Waals surface area contributed by atoms with Crippen LogP contribution in [0.5, 0.6) is 0 Å². The van der Waals surface area contributed by atoms with Gasteiger partial charge in [0.1, 0.15) is 12.2 Å². The number of amides is 1. The molecular weight excluding hydrogens is 386 g/mol. The third kappa shape index (κ3) is 3.03. The zero-order valence-corrected chi connectivity index (χ0v) is 17.0. The Kier molecular flexibility index (Phi) is 4.41. The van der Waals surface area contributed by atoms with Crippen molar-refractivity contribution < 1.29 is 19.1 Å². The number of rotatable bonds is 4. The van der Waals surface area contributed by atoms with Gasteiger partial charge in [0.15, 0.2) is 0 Å². The lowest BCUT2D eigenvalue weighted by Gasteiger charge is -2.31. The molecule has 148 valence electrons. The highest BCUT2D eigenvalue weighted by Crippen LogP contribution is 2.55. The molecule has 5 rings (SSSR count). The van der Waals surface area contributed by atoms with E-state index in [1.165, 1.54) is 18.3 Å². The van der Waals surface area contributed by atoms with Gasteiger partial charge in [0.2, 0.25) is 0 Å². The fourth-order valence-corrected chi connectivity index (χ4v) is 5.59. The van der Waals surface area contributed by atoms with Gasteiger partial charge in [0, 0.05) is 31.1 Å². The van der Waals surface area contributed by atoms with E-state index in [2.05, 4.69) is 6.07 Å². The van der Waals surface area contributed by atoms with Crippen LogP contribution in [0.1, 0.15) is 39.9 Å². The zero-order chi connectivity index (χ0) is 20.1. The van der Waals surface area contributed by atoms with Crippen molar-refractivity contribution >= 4 is 33.3 Å². The van der Waals surface area contributed by atoms with Crippen LogP contribution in [-0.2, 0) is 14.3 Å². The molecule has 0 unspecified atom stereocenters. The van der Waals surface area contributed by atoms with Crippen molar-refractivity contribution in [1.82, 2.24) is 4.90 Å². The van der Waals surface area contributed by atoms with Crippen LogP contribution >= 0.6 is 11.3 Å². The minimum atomic E-state index is -0.384. The van der Waals surface area contributed by atoms with Crippen LogP contribution in [-0.4, -0.2) is 36.5 Å². The number of thiophene rings is 1. The average molecular weight is 407 g/mol. The number of nitrogens with zero attached hydrogens (tertiary/aromatic N) is 1. The van der Waals surface area contributed by atoms with Gasteiger partial charge in [-0.2, -0.15) is 0 Å². The third-order valence-corrected chi connectivity index (χ3v) is 6.89.